The number of benzene rings is 1. The lowest BCUT2D eigenvalue weighted by atomic mass is 10.0. The third-order valence-electron chi connectivity index (χ3n) is 5.19. The number of hydrogen-bond acceptors (Lipinski definition) is 14. The lowest BCUT2D eigenvalue weighted by Gasteiger charge is -2.34. The summed E-state index contributed by atoms with van der Waals surface area (Å²) in [6.07, 6.45) is -4.82. The van der Waals surface area contributed by atoms with Gasteiger partial charge in [0.15, 0.2) is 24.4 Å². The van der Waals surface area contributed by atoms with E-state index in [9.17, 15) is 24.0 Å². The van der Waals surface area contributed by atoms with Crippen LogP contribution in [0.3, 0.4) is 0 Å². The Bertz CT molecular complexity index is 1260. The fourth-order valence-corrected chi connectivity index (χ4v) is 4.28. The van der Waals surface area contributed by atoms with E-state index in [1.54, 1.807) is 7.05 Å². The second-order valence-corrected chi connectivity index (χ2v) is 9.68. The largest absolute Gasteiger partial charge is 0.462 e. The average Bonchev–Trinajstić information content (AvgIpc) is 3.36. The molecule has 2 aromatic rings. The molecule has 0 fully saturated rings. The highest BCUT2D eigenvalue weighted by Crippen LogP contribution is 2.27. The second kappa shape index (κ2) is 15.5. The number of ether oxygens (including phenoxy) is 5. The van der Waals surface area contributed by atoms with Gasteiger partial charge in [0.1, 0.15) is 6.61 Å². The van der Waals surface area contributed by atoms with Crippen molar-refractivity contribution < 1.29 is 47.7 Å². The van der Waals surface area contributed by atoms with E-state index >= 15 is 0 Å². The number of thiazole rings is 1. The molecule has 0 spiro atoms. The lowest BCUT2D eigenvalue weighted by Crippen LogP contribution is -2.53. The Morgan fingerprint density at radius 1 is 0.854 bits per heavy atom. The van der Waals surface area contributed by atoms with Gasteiger partial charge in [-0.2, -0.15) is 5.10 Å². The Balaban J connectivity index is 2.46. The van der Waals surface area contributed by atoms with E-state index in [0.717, 1.165) is 57.7 Å². The molecule has 0 saturated carbocycles. The van der Waals surface area contributed by atoms with E-state index in [1.807, 2.05) is 36.6 Å². The Kier molecular flexibility index (Phi) is 12.4. The number of carbonyl (C=O) groups is 5. The Hall–Kier alpha value is -4.33. The van der Waals surface area contributed by atoms with Crippen LogP contribution in [0.15, 0.2) is 34.7 Å². The lowest BCUT2D eigenvalue weighted by molar-refractivity contribution is -0.197. The summed E-state index contributed by atoms with van der Waals surface area (Å²) in [6.45, 7) is 6.93. The van der Waals surface area contributed by atoms with E-state index in [-0.39, 0.29) is 0 Å². The fourth-order valence-electron chi connectivity index (χ4n) is 3.53. The zero-order chi connectivity index (χ0) is 30.7. The molecule has 13 nitrogen and oxygen atoms in total. The van der Waals surface area contributed by atoms with Crippen LogP contribution in [0.1, 0.15) is 40.2 Å². The first-order valence-electron chi connectivity index (χ1n) is 12.4. The molecule has 0 aliphatic rings. The minimum Gasteiger partial charge on any atom is -0.462 e. The molecule has 41 heavy (non-hydrogen) atoms. The first kappa shape index (κ1) is 32.9. The van der Waals surface area contributed by atoms with Crippen LogP contribution in [0.25, 0.3) is 11.3 Å². The van der Waals surface area contributed by atoms with Crippen molar-refractivity contribution in [2.75, 3.05) is 18.7 Å². The van der Waals surface area contributed by atoms with Crippen LogP contribution in [0.4, 0.5) is 5.13 Å². The molecule has 1 aromatic carbocycles. The molecule has 0 N–H and O–H groups in total. The Morgan fingerprint density at radius 2 is 1.41 bits per heavy atom. The molecular formula is C27H33N3O10S. The molecule has 2 rings (SSSR count). The van der Waals surface area contributed by atoms with Gasteiger partial charge in [-0.05, 0) is 6.92 Å². The third-order valence-corrected chi connectivity index (χ3v) is 6.10. The number of aryl methyl sites for hydroxylation is 1. The SMILES string of the molecule is CC(=O)OC[C@@H](OC(C)=O)[C@H](OC(C)=O)[C@H](OC(C)=O)[C@H](/C=N/N(C)c1nc(-c2ccc(C)cc2)cs1)OC(C)=O. The minimum absolute atomic E-state index is 0.492. The highest BCUT2D eigenvalue weighted by molar-refractivity contribution is 7.14. The number of esters is 5. The highest BCUT2D eigenvalue weighted by Gasteiger charge is 2.43. The van der Waals surface area contributed by atoms with E-state index in [2.05, 4.69) is 10.1 Å². The van der Waals surface area contributed by atoms with Gasteiger partial charge in [0, 0.05) is 52.6 Å². The van der Waals surface area contributed by atoms with Gasteiger partial charge < -0.3 is 23.7 Å². The van der Waals surface area contributed by atoms with Crippen LogP contribution in [0.2, 0.25) is 0 Å². The molecule has 0 unspecified atom stereocenters. The summed E-state index contributed by atoms with van der Waals surface area (Å²) in [5.74, 6) is -3.95. The number of aromatic nitrogens is 1. The number of carbonyl (C=O) groups excluding carboxylic acids is 5. The number of hydrazone groups is 1. The number of anilines is 1. The van der Waals surface area contributed by atoms with Gasteiger partial charge in [-0.3, -0.25) is 24.0 Å². The van der Waals surface area contributed by atoms with Crippen molar-refractivity contribution in [2.45, 2.75) is 66.0 Å². The van der Waals surface area contributed by atoms with E-state index in [1.165, 1.54) is 16.3 Å². The summed E-state index contributed by atoms with van der Waals surface area (Å²) in [5.41, 5.74) is 2.75. The topological polar surface area (TPSA) is 160 Å². The van der Waals surface area contributed by atoms with Crippen LogP contribution in [0, 0.1) is 6.92 Å². The molecule has 4 atom stereocenters. The minimum atomic E-state index is -1.56. The van der Waals surface area contributed by atoms with Crippen molar-refractivity contribution >= 4 is 52.5 Å². The molecule has 0 aliphatic heterocycles. The molecule has 0 bridgehead atoms. The number of hydrogen-bond donors (Lipinski definition) is 0. The molecule has 0 amide bonds. The highest BCUT2D eigenvalue weighted by atomic mass is 32.1. The normalized spacial score (nSPS) is 13.8. The van der Waals surface area contributed by atoms with Gasteiger partial charge in [0.05, 0.1) is 11.9 Å². The summed E-state index contributed by atoms with van der Waals surface area (Å²) >= 11 is 1.31. The summed E-state index contributed by atoms with van der Waals surface area (Å²) in [5, 5.41) is 8.06. The second-order valence-electron chi connectivity index (χ2n) is 8.84. The predicted octanol–water partition coefficient (Wildman–Crippen LogP) is 2.83. The summed E-state index contributed by atoms with van der Waals surface area (Å²) < 4.78 is 26.4. The molecule has 1 aromatic heterocycles. The molecule has 0 radical (unpaired) electrons. The maximum absolute atomic E-state index is 12.1. The molecule has 14 heteroatoms. The van der Waals surface area contributed by atoms with Crippen LogP contribution in [-0.2, 0) is 47.7 Å². The zero-order valence-corrected chi connectivity index (χ0v) is 24.6. The monoisotopic (exact) mass is 591 g/mol. The molecular weight excluding hydrogens is 558 g/mol. The van der Waals surface area contributed by atoms with Crippen LogP contribution < -0.4 is 5.01 Å². The van der Waals surface area contributed by atoms with Crippen molar-refractivity contribution in [1.29, 1.82) is 0 Å². The first-order chi connectivity index (χ1) is 19.3. The predicted molar refractivity (Wildman–Crippen MR) is 148 cm³/mol. The molecule has 0 aliphatic carbocycles. The maximum atomic E-state index is 12.1. The molecule has 0 saturated heterocycles. The van der Waals surface area contributed by atoms with Gasteiger partial charge in [-0.25, -0.2) is 9.99 Å². The van der Waals surface area contributed by atoms with Gasteiger partial charge in [-0.1, -0.05) is 29.8 Å². The standard InChI is InChI=1S/C27H33N3O10S/c1-15-8-10-21(11-9-15)22-14-41-27(29-22)30(7)28-12-23(37-17(3)32)25(39-19(5)34)26(40-20(6)35)24(38-18(4)33)13-36-16(2)31/h8-12,14,23-26H,13H2,1-7H3/b28-12+/t23-,24+,25+,26-/m0/s1. The van der Waals surface area contributed by atoms with Crippen molar-refractivity contribution in [2.24, 2.45) is 5.10 Å². The van der Waals surface area contributed by atoms with Crippen molar-refractivity contribution in [3.63, 3.8) is 0 Å². The maximum Gasteiger partial charge on any atom is 0.303 e. The quantitative estimate of drug-likeness (QED) is 0.145. The van der Waals surface area contributed by atoms with Crippen LogP contribution in [0.5, 0.6) is 0 Å². The van der Waals surface area contributed by atoms with Crippen molar-refractivity contribution in [3.8, 4) is 11.3 Å². The first-order valence-corrected chi connectivity index (χ1v) is 13.3. The van der Waals surface area contributed by atoms with E-state index in [0.29, 0.717) is 5.13 Å². The number of rotatable bonds is 13. The Labute approximate surface area is 241 Å². The number of nitrogens with zero attached hydrogens (tertiary/aromatic N) is 3. The average molecular weight is 592 g/mol. The third kappa shape index (κ3) is 11.0. The van der Waals surface area contributed by atoms with Gasteiger partial charge in [0.2, 0.25) is 5.13 Å². The molecule has 222 valence electrons. The van der Waals surface area contributed by atoms with Crippen molar-refractivity contribution in [1.82, 2.24) is 4.98 Å². The van der Waals surface area contributed by atoms with Crippen LogP contribution >= 0.6 is 11.3 Å². The van der Waals surface area contributed by atoms with Gasteiger partial charge >= 0.3 is 29.8 Å². The van der Waals surface area contributed by atoms with E-state index < -0.39 is 60.9 Å². The van der Waals surface area contributed by atoms with E-state index in [4.69, 9.17) is 23.7 Å². The fraction of sp³-hybridized carbons (Fsp3) is 0.444. The summed E-state index contributed by atoms with van der Waals surface area (Å²) in [7, 11) is 1.60. The van der Waals surface area contributed by atoms with Gasteiger partial charge in [0.25, 0.3) is 0 Å². The Morgan fingerprint density at radius 3 is 1.95 bits per heavy atom. The summed E-state index contributed by atoms with van der Waals surface area (Å²) in [4.78, 5) is 64.1. The molecule has 1 heterocycles. The zero-order valence-electron chi connectivity index (χ0n) is 23.8. The van der Waals surface area contributed by atoms with Crippen LogP contribution in [-0.4, -0.2) is 79.1 Å². The smallest absolute Gasteiger partial charge is 0.303 e. The summed E-state index contributed by atoms with van der Waals surface area (Å²) in [6, 6.07) is 7.84. The van der Waals surface area contributed by atoms with Crippen molar-refractivity contribution in [3.05, 3.63) is 35.2 Å². The van der Waals surface area contributed by atoms with Gasteiger partial charge in [-0.15, -0.1) is 11.3 Å².